The lowest BCUT2D eigenvalue weighted by atomic mass is 9.81. The van der Waals surface area contributed by atoms with Crippen LogP contribution in [-0.4, -0.2) is 41.6 Å². The number of thiophene rings is 1. The van der Waals surface area contributed by atoms with E-state index in [0.717, 1.165) is 5.56 Å². The Morgan fingerprint density at radius 3 is 2.59 bits per heavy atom. The summed E-state index contributed by atoms with van der Waals surface area (Å²) in [5, 5.41) is 13.1. The van der Waals surface area contributed by atoms with Crippen LogP contribution in [0.1, 0.15) is 37.4 Å². The normalized spacial score (nSPS) is 29.3. The van der Waals surface area contributed by atoms with Gasteiger partial charge in [0.1, 0.15) is 6.10 Å². The summed E-state index contributed by atoms with van der Waals surface area (Å²) in [4.78, 5) is 25.6. The first-order valence-corrected chi connectivity index (χ1v) is 8.74. The van der Waals surface area contributed by atoms with Gasteiger partial charge in [0, 0.05) is 12.5 Å². The number of carbonyl (C=O) groups excluding carboxylic acids is 1. The van der Waals surface area contributed by atoms with Gasteiger partial charge < -0.3 is 14.7 Å². The van der Waals surface area contributed by atoms with Crippen LogP contribution in [0.3, 0.4) is 0 Å². The highest BCUT2D eigenvalue weighted by atomic mass is 32.1. The Morgan fingerprint density at radius 2 is 1.95 bits per heavy atom. The van der Waals surface area contributed by atoms with Crippen molar-refractivity contribution >= 4 is 23.2 Å². The Hall–Kier alpha value is -1.40. The van der Waals surface area contributed by atoms with Gasteiger partial charge in [-0.2, -0.15) is 11.3 Å². The number of amides is 1. The van der Waals surface area contributed by atoms with Crippen molar-refractivity contribution in [2.75, 3.05) is 19.7 Å². The summed E-state index contributed by atoms with van der Waals surface area (Å²) < 4.78 is 5.77. The van der Waals surface area contributed by atoms with Crippen molar-refractivity contribution in [3.8, 4) is 0 Å². The van der Waals surface area contributed by atoms with Gasteiger partial charge in [-0.25, -0.2) is 0 Å². The van der Waals surface area contributed by atoms with Crippen molar-refractivity contribution in [2.45, 2.75) is 31.8 Å². The molecule has 1 aromatic rings. The zero-order valence-corrected chi connectivity index (χ0v) is 13.3. The lowest BCUT2D eigenvalue weighted by Gasteiger charge is -2.36. The van der Waals surface area contributed by atoms with Crippen LogP contribution < -0.4 is 0 Å². The van der Waals surface area contributed by atoms with Gasteiger partial charge in [-0.1, -0.05) is 0 Å². The Balaban J connectivity index is 1.57. The van der Waals surface area contributed by atoms with E-state index in [1.807, 2.05) is 16.3 Å². The number of nitrogens with zero attached hydrogens (tertiary/aromatic N) is 1. The second-order valence-electron chi connectivity index (χ2n) is 6.09. The van der Waals surface area contributed by atoms with Gasteiger partial charge in [0.05, 0.1) is 19.1 Å². The second kappa shape index (κ2) is 6.79. The molecule has 1 aliphatic carbocycles. The summed E-state index contributed by atoms with van der Waals surface area (Å²) in [5.74, 6) is -0.841. The van der Waals surface area contributed by atoms with Gasteiger partial charge in [0.2, 0.25) is 5.91 Å². The monoisotopic (exact) mass is 323 g/mol. The highest BCUT2D eigenvalue weighted by Gasteiger charge is 2.34. The van der Waals surface area contributed by atoms with Gasteiger partial charge in [-0.3, -0.25) is 9.59 Å². The number of hydrogen-bond acceptors (Lipinski definition) is 4. The number of rotatable bonds is 3. The fourth-order valence-corrected chi connectivity index (χ4v) is 4.06. The molecule has 22 heavy (non-hydrogen) atoms. The predicted octanol–water partition coefficient (Wildman–Crippen LogP) is 2.54. The molecular weight excluding hydrogens is 302 g/mol. The van der Waals surface area contributed by atoms with E-state index >= 15 is 0 Å². The zero-order valence-electron chi connectivity index (χ0n) is 12.4. The summed E-state index contributed by atoms with van der Waals surface area (Å²) in [6, 6.07) is 2.04. The number of carbonyl (C=O) groups is 2. The fourth-order valence-electron chi connectivity index (χ4n) is 3.35. The number of aliphatic carboxylic acids is 1. The van der Waals surface area contributed by atoms with Crippen LogP contribution in [0.4, 0.5) is 0 Å². The lowest BCUT2D eigenvalue weighted by Crippen LogP contribution is -2.45. The highest BCUT2D eigenvalue weighted by molar-refractivity contribution is 7.07. The van der Waals surface area contributed by atoms with Crippen LogP contribution in [0, 0.1) is 11.8 Å². The van der Waals surface area contributed by atoms with Crippen molar-refractivity contribution in [2.24, 2.45) is 11.8 Å². The first-order chi connectivity index (χ1) is 10.6. The molecule has 5 nitrogen and oxygen atoms in total. The highest BCUT2D eigenvalue weighted by Crippen LogP contribution is 2.32. The molecule has 2 fully saturated rings. The predicted molar refractivity (Wildman–Crippen MR) is 82.7 cm³/mol. The SMILES string of the molecule is O=C(O)C1CCC(C(=O)N2CCOC(c3ccsc3)C2)CC1. The number of morpholine rings is 1. The maximum atomic E-state index is 12.7. The molecule has 2 heterocycles. The van der Waals surface area contributed by atoms with Crippen molar-refractivity contribution < 1.29 is 19.4 Å². The number of hydrogen-bond donors (Lipinski definition) is 1. The molecule has 1 unspecified atom stereocenters. The Labute approximate surface area is 133 Å². The van der Waals surface area contributed by atoms with Gasteiger partial charge in [-0.05, 0) is 48.1 Å². The Morgan fingerprint density at radius 1 is 1.23 bits per heavy atom. The molecule has 1 N–H and O–H groups in total. The fraction of sp³-hybridized carbons (Fsp3) is 0.625. The van der Waals surface area contributed by atoms with E-state index in [1.165, 1.54) is 0 Å². The average Bonchev–Trinajstić information content (AvgIpc) is 3.09. The molecule has 1 aliphatic heterocycles. The molecule has 1 atom stereocenters. The molecule has 1 amide bonds. The molecule has 0 radical (unpaired) electrons. The minimum atomic E-state index is -0.727. The van der Waals surface area contributed by atoms with E-state index in [9.17, 15) is 9.59 Å². The summed E-state index contributed by atoms with van der Waals surface area (Å²) in [6.45, 7) is 1.81. The zero-order chi connectivity index (χ0) is 15.5. The third-order valence-electron chi connectivity index (χ3n) is 4.72. The molecular formula is C16H21NO4S. The molecule has 0 spiro atoms. The summed E-state index contributed by atoms with van der Waals surface area (Å²) in [7, 11) is 0. The Bertz CT molecular complexity index is 522. The maximum absolute atomic E-state index is 12.7. The van der Waals surface area contributed by atoms with Crippen LogP contribution in [0.25, 0.3) is 0 Å². The molecule has 6 heteroatoms. The first-order valence-electron chi connectivity index (χ1n) is 7.80. The summed E-state index contributed by atoms with van der Waals surface area (Å²) in [5.41, 5.74) is 1.14. The second-order valence-corrected chi connectivity index (χ2v) is 6.87. The Kier molecular flexibility index (Phi) is 4.78. The number of carboxylic acid groups (broad SMARTS) is 1. The van der Waals surface area contributed by atoms with Crippen LogP contribution >= 0.6 is 11.3 Å². The first kappa shape index (κ1) is 15.5. The van der Waals surface area contributed by atoms with Gasteiger partial charge in [0.25, 0.3) is 0 Å². The molecule has 1 aromatic heterocycles. The average molecular weight is 323 g/mol. The van der Waals surface area contributed by atoms with Gasteiger partial charge in [-0.15, -0.1) is 0 Å². The molecule has 1 saturated carbocycles. The third-order valence-corrected chi connectivity index (χ3v) is 5.42. The third kappa shape index (κ3) is 3.33. The maximum Gasteiger partial charge on any atom is 0.306 e. The molecule has 2 aliphatic rings. The lowest BCUT2D eigenvalue weighted by molar-refractivity contribution is -0.148. The van der Waals surface area contributed by atoms with Gasteiger partial charge in [0.15, 0.2) is 0 Å². The van der Waals surface area contributed by atoms with Gasteiger partial charge >= 0.3 is 5.97 Å². The molecule has 3 rings (SSSR count). The number of carboxylic acids is 1. The molecule has 120 valence electrons. The topological polar surface area (TPSA) is 66.8 Å². The van der Waals surface area contributed by atoms with Crippen molar-refractivity contribution in [1.29, 1.82) is 0 Å². The van der Waals surface area contributed by atoms with Crippen molar-refractivity contribution in [1.82, 2.24) is 4.90 Å². The van der Waals surface area contributed by atoms with E-state index in [1.54, 1.807) is 11.3 Å². The molecule has 0 bridgehead atoms. The van der Waals surface area contributed by atoms with E-state index in [4.69, 9.17) is 9.84 Å². The van der Waals surface area contributed by atoms with E-state index in [2.05, 4.69) is 5.38 Å². The van der Waals surface area contributed by atoms with E-state index < -0.39 is 5.97 Å². The smallest absolute Gasteiger partial charge is 0.306 e. The van der Waals surface area contributed by atoms with E-state index in [0.29, 0.717) is 45.4 Å². The van der Waals surface area contributed by atoms with Crippen LogP contribution in [0.5, 0.6) is 0 Å². The number of ether oxygens (including phenoxy) is 1. The minimum Gasteiger partial charge on any atom is -0.481 e. The molecule has 0 aromatic carbocycles. The quantitative estimate of drug-likeness (QED) is 0.928. The molecule has 1 saturated heterocycles. The summed E-state index contributed by atoms with van der Waals surface area (Å²) in [6.07, 6.45) is 2.58. The van der Waals surface area contributed by atoms with Crippen LogP contribution in [0.2, 0.25) is 0 Å². The van der Waals surface area contributed by atoms with E-state index in [-0.39, 0.29) is 23.8 Å². The van der Waals surface area contributed by atoms with Crippen LogP contribution in [0.15, 0.2) is 16.8 Å². The standard InChI is InChI=1S/C16H21NO4S/c18-15(11-1-3-12(4-2-11)16(19)20)17-6-7-21-14(9-17)13-5-8-22-10-13/h5,8,10-12,14H,1-4,6-7,9H2,(H,19,20). The van der Waals surface area contributed by atoms with Crippen LogP contribution in [-0.2, 0) is 14.3 Å². The van der Waals surface area contributed by atoms with Crippen molar-refractivity contribution in [3.63, 3.8) is 0 Å². The minimum absolute atomic E-state index is 0.0168. The summed E-state index contributed by atoms with van der Waals surface area (Å²) >= 11 is 1.63. The van der Waals surface area contributed by atoms with Crippen molar-refractivity contribution in [3.05, 3.63) is 22.4 Å². The largest absolute Gasteiger partial charge is 0.481 e.